The number of benzene rings is 2. The highest BCUT2D eigenvalue weighted by atomic mass is 32.2. The van der Waals surface area contributed by atoms with Crippen LogP contribution in [0.15, 0.2) is 64.5 Å². The number of nitrogens with zero attached hydrogens (tertiary/aromatic N) is 4. The first kappa shape index (κ1) is 22.7. The summed E-state index contributed by atoms with van der Waals surface area (Å²) in [5.74, 6) is 1.70. The zero-order valence-electron chi connectivity index (χ0n) is 18.8. The molecule has 0 aliphatic heterocycles. The first-order chi connectivity index (χ1) is 16.0. The van der Waals surface area contributed by atoms with Crippen LogP contribution in [0.2, 0.25) is 0 Å². The Labute approximate surface area is 195 Å². The quantitative estimate of drug-likeness (QED) is 0.384. The van der Waals surface area contributed by atoms with Crippen LogP contribution >= 0.6 is 11.8 Å². The molecule has 1 amide bonds. The van der Waals surface area contributed by atoms with E-state index >= 15 is 0 Å². The molecule has 4 aromatic rings. The van der Waals surface area contributed by atoms with Gasteiger partial charge in [-0.05, 0) is 37.1 Å². The number of aromatic amines is 1. The number of amides is 1. The van der Waals surface area contributed by atoms with E-state index in [1.54, 1.807) is 18.2 Å². The van der Waals surface area contributed by atoms with Gasteiger partial charge in [-0.3, -0.25) is 9.59 Å². The number of rotatable bonds is 8. The van der Waals surface area contributed by atoms with Gasteiger partial charge in [0.1, 0.15) is 5.82 Å². The van der Waals surface area contributed by atoms with E-state index in [0.29, 0.717) is 45.6 Å². The Morgan fingerprint density at radius 3 is 2.55 bits per heavy atom. The van der Waals surface area contributed by atoms with Crippen LogP contribution in [0.25, 0.3) is 10.9 Å². The second-order valence-corrected chi connectivity index (χ2v) is 8.91. The van der Waals surface area contributed by atoms with Gasteiger partial charge >= 0.3 is 0 Å². The lowest BCUT2D eigenvalue weighted by Gasteiger charge is -2.22. The topological polar surface area (TPSA) is 106 Å². The summed E-state index contributed by atoms with van der Waals surface area (Å²) >= 11 is 1.45. The molecule has 0 fully saturated rings. The highest BCUT2D eigenvalue weighted by Crippen LogP contribution is 2.27. The summed E-state index contributed by atoms with van der Waals surface area (Å²) in [4.78, 5) is 32.5. The molecule has 9 heteroatoms. The third-order valence-corrected chi connectivity index (χ3v) is 6.31. The van der Waals surface area contributed by atoms with Crippen LogP contribution in [0, 0.1) is 5.92 Å². The molecule has 0 saturated heterocycles. The van der Waals surface area contributed by atoms with Gasteiger partial charge in [-0.15, -0.1) is 10.2 Å². The van der Waals surface area contributed by atoms with Gasteiger partial charge in [-0.2, -0.15) is 0 Å². The molecule has 0 bridgehead atoms. The minimum Gasteiger partial charge on any atom is -0.342 e. The van der Waals surface area contributed by atoms with Crippen LogP contribution in [0.4, 0.5) is 0 Å². The van der Waals surface area contributed by atoms with E-state index in [1.165, 1.54) is 11.8 Å². The number of H-pyrrole nitrogens is 1. The largest absolute Gasteiger partial charge is 0.342 e. The fourth-order valence-corrected chi connectivity index (χ4v) is 4.49. The molecular weight excluding hydrogens is 436 g/mol. The second-order valence-electron chi connectivity index (χ2n) is 7.96. The van der Waals surface area contributed by atoms with Gasteiger partial charge in [0.25, 0.3) is 11.5 Å². The van der Waals surface area contributed by atoms with Crippen molar-refractivity contribution < 1.29 is 4.79 Å². The van der Waals surface area contributed by atoms with E-state index in [0.717, 1.165) is 0 Å². The number of nitrogens with one attached hydrogen (secondary N) is 2. The number of hydrogen-bond donors (Lipinski definition) is 2. The highest BCUT2D eigenvalue weighted by Gasteiger charge is 2.26. The van der Waals surface area contributed by atoms with E-state index in [9.17, 15) is 9.59 Å². The third kappa shape index (κ3) is 4.98. The van der Waals surface area contributed by atoms with Crippen molar-refractivity contribution in [3.8, 4) is 0 Å². The molecule has 4 rings (SSSR count). The smallest absolute Gasteiger partial charge is 0.258 e. The van der Waals surface area contributed by atoms with Crippen molar-refractivity contribution in [3.63, 3.8) is 0 Å². The predicted molar refractivity (Wildman–Crippen MR) is 129 cm³/mol. The van der Waals surface area contributed by atoms with Gasteiger partial charge in [-0.1, -0.05) is 55.9 Å². The fourth-order valence-electron chi connectivity index (χ4n) is 3.61. The summed E-state index contributed by atoms with van der Waals surface area (Å²) in [6.07, 6.45) is 0. The molecular formula is C24H26N6O2S. The minimum atomic E-state index is -0.293. The van der Waals surface area contributed by atoms with Crippen LogP contribution in [-0.4, -0.2) is 30.6 Å². The minimum absolute atomic E-state index is 0.114. The lowest BCUT2D eigenvalue weighted by Crippen LogP contribution is -2.33. The molecule has 0 aliphatic carbocycles. The number of carbonyl (C=O) groups is 1. The molecule has 2 aromatic carbocycles. The summed E-state index contributed by atoms with van der Waals surface area (Å²) in [7, 11) is 0. The Balaban J connectivity index is 1.55. The van der Waals surface area contributed by atoms with Gasteiger partial charge in [-0.25, -0.2) is 4.98 Å². The van der Waals surface area contributed by atoms with Gasteiger partial charge in [0.05, 0.1) is 22.7 Å². The maximum Gasteiger partial charge on any atom is 0.258 e. The Hall–Kier alpha value is -3.46. The predicted octanol–water partition coefficient (Wildman–Crippen LogP) is 3.95. The van der Waals surface area contributed by atoms with Crippen molar-refractivity contribution in [1.29, 1.82) is 0 Å². The van der Waals surface area contributed by atoms with Crippen LogP contribution in [-0.2, 0) is 12.3 Å². The average molecular weight is 463 g/mol. The Kier molecular flexibility index (Phi) is 6.88. The molecule has 2 N–H and O–H groups in total. The fraction of sp³-hybridized carbons (Fsp3) is 0.292. The molecule has 0 radical (unpaired) electrons. The molecule has 0 saturated carbocycles. The maximum atomic E-state index is 12.8. The molecule has 170 valence electrons. The zero-order chi connectivity index (χ0) is 23.4. The third-order valence-electron chi connectivity index (χ3n) is 5.33. The highest BCUT2D eigenvalue weighted by molar-refractivity contribution is 7.98. The number of fused-ring (bicyclic) bond motifs is 1. The molecule has 0 spiro atoms. The van der Waals surface area contributed by atoms with E-state index < -0.39 is 0 Å². The van der Waals surface area contributed by atoms with Gasteiger partial charge < -0.3 is 14.9 Å². The maximum absolute atomic E-state index is 12.8. The Morgan fingerprint density at radius 2 is 1.82 bits per heavy atom. The summed E-state index contributed by atoms with van der Waals surface area (Å²) in [5, 5.41) is 13.2. The van der Waals surface area contributed by atoms with Crippen molar-refractivity contribution in [2.24, 2.45) is 5.92 Å². The average Bonchev–Trinajstić information content (AvgIpc) is 3.24. The Bertz CT molecular complexity index is 1320. The monoisotopic (exact) mass is 462 g/mol. The van der Waals surface area contributed by atoms with Crippen LogP contribution in [0.5, 0.6) is 0 Å². The summed E-state index contributed by atoms with van der Waals surface area (Å²) in [6.45, 7) is 6.75. The lowest BCUT2D eigenvalue weighted by atomic mass is 10.0. The first-order valence-corrected chi connectivity index (χ1v) is 11.9. The number of carbonyl (C=O) groups excluding carboxylic acids is 1. The van der Waals surface area contributed by atoms with E-state index in [1.807, 2.05) is 61.7 Å². The normalized spacial score (nSPS) is 12.2. The molecule has 0 aliphatic rings. The van der Waals surface area contributed by atoms with E-state index in [2.05, 4.69) is 25.5 Å². The lowest BCUT2D eigenvalue weighted by molar-refractivity contribution is 0.0922. The van der Waals surface area contributed by atoms with Gasteiger partial charge in [0.15, 0.2) is 11.0 Å². The van der Waals surface area contributed by atoms with E-state index in [-0.39, 0.29) is 23.4 Å². The Morgan fingerprint density at radius 1 is 1.09 bits per heavy atom. The van der Waals surface area contributed by atoms with Gasteiger partial charge in [0.2, 0.25) is 0 Å². The standard InChI is InChI=1S/C24H26N6O2S/c1-4-30-21(20(15(2)3)27-22(31)16-10-6-5-7-11-16)28-29-24(30)33-14-19-25-18-13-9-8-12-17(18)23(32)26-19/h5-13,15,20H,4,14H2,1-3H3,(H,27,31)(H,25,26,32)/t20-/m1/s1. The second kappa shape index (κ2) is 9.99. The molecule has 8 nitrogen and oxygen atoms in total. The van der Waals surface area contributed by atoms with Crippen molar-refractivity contribution in [3.05, 3.63) is 82.2 Å². The summed E-state index contributed by atoms with van der Waals surface area (Å²) < 4.78 is 2.00. The summed E-state index contributed by atoms with van der Waals surface area (Å²) in [5.41, 5.74) is 1.11. The molecule has 1 atom stereocenters. The molecule has 0 unspecified atom stereocenters. The number of hydrogen-bond acceptors (Lipinski definition) is 6. The number of para-hydroxylation sites is 1. The summed E-state index contributed by atoms with van der Waals surface area (Å²) in [6, 6.07) is 16.1. The molecule has 2 aromatic heterocycles. The van der Waals surface area contributed by atoms with Crippen LogP contribution in [0.1, 0.15) is 48.8 Å². The van der Waals surface area contributed by atoms with E-state index in [4.69, 9.17) is 0 Å². The van der Waals surface area contributed by atoms with Crippen molar-refractivity contribution in [1.82, 2.24) is 30.0 Å². The van der Waals surface area contributed by atoms with Crippen LogP contribution in [0.3, 0.4) is 0 Å². The molecule has 33 heavy (non-hydrogen) atoms. The van der Waals surface area contributed by atoms with Gasteiger partial charge in [0, 0.05) is 12.1 Å². The number of aromatic nitrogens is 5. The molecule has 2 heterocycles. The van der Waals surface area contributed by atoms with Crippen molar-refractivity contribution in [2.45, 2.75) is 44.3 Å². The van der Waals surface area contributed by atoms with Crippen molar-refractivity contribution in [2.75, 3.05) is 0 Å². The van der Waals surface area contributed by atoms with Crippen LogP contribution < -0.4 is 10.9 Å². The van der Waals surface area contributed by atoms with Crippen molar-refractivity contribution >= 4 is 28.6 Å². The number of thioether (sulfide) groups is 1. The first-order valence-electron chi connectivity index (χ1n) is 10.9. The zero-order valence-corrected chi connectivity index (χ0v) is 19.6. The SMILES string of the molecule is CCn1c(SCc2nc3ccccc3c(=O)[nH]2)nnc1[C@H](NC(=O)c1ccccc1)C(C)C.